The molecule has 1 nitrogen and oxygen atoms in total. The second-order valence-corrected chi connectivity index (χ2v) is 5.17. The van der Waals surface area contributed by atoms with Gasteiger partial charge in [0.15, 0.2) is 11.6 Å². The highest BCUT2D eigenvalue weighted by Crippen LogP contribution is 2.30. The molecular weight excluding hydrogens is 282 g/mol. The molecule has 0 aliphatic heterocycles. The molecule has 0 heterocycles. The third-order valence-electron chi connectivity index (χ3n) is 3.21. The van der Waals surface area contributed by atoms with Crippen molar-refractivity contribution in [2.24, 2.45) is 0 Å². The molecule has 20 heavy (non-hydrogen) atoms. The van der Waals surface area contributed by atoms with E-state index in [4.69, 9.17) is 16.3 Å². The van der Waals surface area contributed by atoms with E-state index in [0.717, 1.165) is 22.9 Å². The lowest BCUT2D eigenvalue weighted by atomic mass is 9.99. The molecule has 106 valence electrons. The zero-order valence-corrected chi connectivity index (χ0v) is 12.0. The Labute approximate surface area is 122 Å². The van der Waals surface area contributed by atoms with Crippen LogP contribution in [0, 0.1) is 18.6 Å². The van der Waals surface area contributed by atoms with E-state index in [-0.39, 0.29) is 5.38 Å². The first-order chi connectivity index (χ1) is 9.51. The van der Waals surface area contributed by atoms with Crippen LogP contribution in [0.2, 0.25) is 0 Å². The van der Waals surface area contributed by atoms with Crippen molar-refractivity contribution in [3.05, 3.63) is 64.7 Å². The Hall–Kier alpha value is -1.61. The van der Waals surface area contributed by atoms with Gasteiger partial charge in [-0.1, -0.05) is 12.1 Å². The van der Waals surface area contributed by atoms with E-state index in [1.165, 1.54) is 6.07 Å². The monoisotopic (exact) mass is 296 g/mol. The number of benzene rings is 2. The number of rotatable bonds is 4. The maximum Gasteiger partial charge on any atom is 0.159 e. The maximum absolute atomic E-state index is 13.2. The summed E-state index contributed by atoms with van der Waals surface area (Å²) in [5, 5.41) is -0.300. The molecule has 0 spiro atoms. The van der Waals surface area contributed by atoms with Gasteiger partial charge in [-0.15, -0.1) is 11.6 Å². The Kier molecular flexibility index (Phi) is 4.61. The smallest absolute Gasteiger partial charge is 0.159 e. The average molecular weight is 297 g/mol. The fourth-order valence-corrected chi connectivity index (χ4v) is 2.53. The number of ether oxygens (including phenoxy) is 1. The van der Waals surface area contributed by atoms with Crippen molar-refractivity contribution in [1.29, 1.82) is 0 Å². The van der Waals surface area contributed by atoms with Crippen LogP contribution in [0.1, 0.15) is 22.1 Å². The highest BCUT2D eigenvalue weighted by atomic mass is 35.5. The summed E-state index contributed by atoms with van der Waals surface area (Å²) in [4.78, 5) is 0. The van der Waals surface area contributed by atoms with E-state index < -0.39 is 11.6 Å². The Bertz CT molecular complexity index is 613. The van der Waals surface area contributed by atoms with E-state index in [9.17, 15) is 8.78 Å². The summed E-state index contributed by atoms with van der Waals surface area (Å²) in [7, 11) is 1.61. The van der Waals surface area contributed by atoms with Crippen molar-refractivity contribution < 1.29 is 13.5 Å². The lowest BCUT2D eigenvalue weighted by Gasteiger charge is -2.14. The minimum Gasteiger partial charge on any atom is -0.497 e. The van der Waals surface area contributed by atoms with Gasteiger partial charge in [-0.2, -0.15) is 0 Å². The van der Waals surface area contributed by atoms with Crippen molar-refractivity contribution in [3.63, 3.8) is 0 Å². The van der Waals surface area contributed by atoms with Crippen molar-refractivity contribution in [1.82, 2.24) is 0 Å². The minimum absolute atomic E-state index is 0.300. The largest absolute Gasteiger partial charge is 0.497 e. The van der Waals surface area contributed by atoms with E-state index in [2.05, 4.69) is 0 Å². The van der Waals surface area contributed by atoms with Gasteiger partial charge < -0.3 is 4.74 Å². The maximum atomic E-state index is 13.2. The molecule has 0 bridgehead atoms. The van der Waals surface area contributed by atoms with Crippen LogP contribution in [0.15, 0.2) is 36.4 Å². The number of methoxy groups -OCH3 is 1. The summed E-state index contributed by atoms with van der Waals surface area (Å²) in [5.41, 5.74) is 2.63. The molecule has 0 aromatic heterocycles. The summed E-state index contributed by atoms with van der Waals surface area (Å²) in [6.07, 6.45) is 0.436. The molecule has 0 radical (unpaired) electrons. The van der Waals surface area contributed by atoms with E-state index >= 15 is 0 Å². The van der Waals surface area contributed by atoms with Crippen LogP contribution >= 0.6 is 11.6 Å². The lowest BCUT2D eigenvalue weighted by Crippen LogP contribution is -2.00. The molecule has 0 aliphatic carbocycles. The fourth-order valence-electron chi connectivity index (χ4n) is 2.11. The van der Waals surface area contributed by atoms with Crippen LogP contribution in [0.4, 0.5) is 8.78 Å². The predicted octanol–water partition coefficient (Wildman–Crippen LogP) is 4.80. The van der Waals surface area contributed by atoms with Gasteiger partial charge in [0.05, 0.1) is 12.5 Å². The van der Waals surface area contributed by atoms with Crippen molar-refractivity contribution >= 4 is 11.6 Å². The van der Waals surface area contributed by atoms with Crippen molar-refractivity contribution in [3.8, 4) is 5.75 Å². The summed E-state index contributed by atoms with van der Waals surface area (Å²) in [5.74, 6) is -0.929. The summed E-state index contributed by atoms with van der Waals surface area (Å²) >= 11 is 6.38. The van der Waals surface area contributed by atoms with Gasteiger partial charge in [0, 0.05) is 0 Å². The number of hydrogen-bond acceptors (Lipinski definition) is 1. The molecule has 1 atom stereocenters. The molecule has 2 aromatic carbocycles. The molecule has 0 N–H and O–H groups in total. The molecule has 0 saturated heterocycles. The van der Waals surface area contributed by atoms with Crippen LogP contribution in [0.25, 0.3) is 0 Å². The zero-order chi connectivity index (χ0) is 14.7. The molecule has 2 rings (SSSR count). The van der Waals surface area contributed by atoms with Crippen LogP contribution < -0.4 is 4.74 Å². The van der Waals surface area contributed by atoms with Crippen molar-refractivity contribution in [2.75, 3.05) is 7.11 Å². The van der Waals surface area contributed by atoms with E-state index in [1.54, 1.807) is 13.2 Å². The third-order valence-corrected chi connectivity index (χ3v) is 3.60. The highest BCUT2D eigenvalue weighted by molar-refractivity contribution is 6.21. The van der Waals surface area contributed by atoms with Crippen LogP contribution in [-0.4, -0.2) is 7.11 Å². The lowest BCUT2D eigenvalue weighted by molar-refractivity contribution is 0.414. The number of halogens is 3. The van der Waals surface area contributed by atoms with Gasteiger partial charge in [0.25, 0.3) is 0 Å². The van der Waals surface area contributed by atoms with E-state index in [0.29, 0.717) is 12.0 Å². The predicted molar refractivity (Wildman–Crippen MR) is 76.4 cm³/mol. The number of aryl methyl sites for hydroxylation is 1. The molecule has 0 saturated carbocycles. The summed E-state index contributed by atoms with van der Waals surface area (Å²) in [6.45, 7) is 1.94. The van der Waals surface area contributed by atoms with Crippen LogP contribution in [0.5, 0.6) is 5.75 Å². The van der Waals surface area contributed by atoms with Gasteiger partial charge >= 0.3 is 0 Å². The first kappa shape index (κ1) is 14.8. The first-order valence-electron chi connectivity index (χ1n) is 6.24. The molecule has 1 unspecified atom stereocenters. The van der Waals surface area contributed by atoms with Gasteiger partial charge in [-0.05, 0) is 54.3 Å². The molecule has 0 amide bonds. The highest BCUT2D eigenvalue weighted by Gasteiger charge is 2.13. The first-order valence-corrected chi connectivity index (χ1v) is 6.67. The normalized spacial score (nSPS) is 12.2. The molecule has 0 aliphatic rings. The fraction of sp³-hybridized carbons (Fsp3) is 0.250. The zero-order valence-electron chi connectivity index (χ0n) is 11.3. The van der Waals surface area contributed by atoms with Crippen LogP contribution in [0.3, 0.4) is 0 Å². The SMILES string of the molecule is COc1ccc(C(Cl)Cc2ccc(F)c(F)c2)c(C)c1. The average Bonchev–Trinajstić information content (AvgIpc) is 2.42. The van der Waals surface area contributed by atoms with Gasteiger partial charge in [0.1, 0.15) is 5.75 Å². The summed E-state index contributed by atoms with van der Waals surface area (Å²) < 4.78 is 31.2. The standard InChI is InChI=1S/C16H15ClF2O/c1-10-7-12(20-2)4-5-13(10)14(17)8-11-3-6-15(18)16(19)9-11/h3-7,9,14H,8H2,1-2H3. The third kappa shape index (κ3) is 3.28. The Morgan fingerprint density at radius 2 is 1.85 bits per heavy atom. The number of alkyl halides is 1. The second kappa shape index (κ2) is 6.23. The Morgan fingerprint density at radius 3 is 2.45 bits per heavy atom. The minimum atomic E-state index is -0.849. The quantitative estimate of drug-likeness (QED) is 0.736. The van der Waals surface area contributed by atoms with Gasteiger partial charge in [-0.3, -0.25) is 0 Å². The molecule has 2 aromatic rings. The number of hydrogen-bond donors (Lipinski definition) is 0. The topological polar surface area (TPSA) is 9.23 Å². The van der Waals surface area contributed by atoms with Gasteiger partial charge in [-0.25, -0.2) is 8.78 Å². The molecular formula is C16H15ClF2O. The second-order valence-electron chi connectivity index (χ2n) is 4.64. The Balaban J connectivity index is 2.19. The Morgan fingerprint density at radius 1 is 1.10 bits per heavy atom. The summed E-state index contributed by atoms with van der Waals surface area (Å²) in [6, 6.07) is 9.48. The van der Waals surface area contributed by atoms with Crippen molar-refractivity contribution in [2.45, 2.75) is 18.7 Å². The van der Waals surface area contributed by atoms with Crippen LogP contribution in [-0.2, 0) is 6.42 Å². The van der Waals surface area contributed by atoms with Gasteiger partial charge in [0.2, 0.25) is 0 Å². The molecule has 0 fully saturated rings. The van der Waals surface area contributed by atoms with E-state index in [1.807, 2.05) is 25.1 Å². The molecule has 4 heteroatoms.